The Kier molecular flexibility index (Phi) is 3.24. The molecular weight excluding hydrogens is 231 g/mol. The highest BCUT2D eigenvalue weighted by Crippen LogP contribution is 2.29. The maximum absolute atomic E-state index is 12.4. The van der Waals surface area contributed by atoms with E-state index in [9.17, 15) is 13.2 Å². The molecule has 6 heteroatoms. The number of aryl methyl sites for hydroxylation is 1. The van der Waals surface area contributed by atoms with E-state index in [0.29, 0.717) is 11.4 Å². The molecule has 1 aromatic rings. The van der Waals surface area contributed by atoms with Crippen molar-refractivity contribution in [2.45, 2.75) is 25.6 Å². The lowest BCUT2D eigenvalue weighted by Gasteiger charge is -2.15. The van der Waals surface area contributed by atoms with Gasteiger partial charge in [-0.15, -0.1) is 0 Å². The second-order valence-electron chi connectivity index (χ2n) is 4.16. The first-order valence-corrected chi connectivity index (χ1v) is 5.49. The van der Waals surface area contributed by atoms with Crippen LogP contribution >= 0.6 is 0 Å². The molecule has 0 saturated carbocycles. The summed E-state index contributed by atoms with van der Waals surface area (Å²) < 4.78 is 37.2. The Morgan fingerprint density at radius 2 is 2.18 bits per heavy atom. The predicted molar refractivity (Wildman–Crippen MR) is 58.9 cm³/mol. The van der Waals surface area contributed by atoms with E-state index >= 15 is 0 Å². The summed E-state index contributed by atoms with van der Waals surface area (Å²) in [7, 11) is 0. The van der Waals surface area contributed by atoms with Gasteiger partial charge in [-0.25, -0.2) is 4.98 Å². The van der Waals surface area contributed by atoms with E-state index in [-0.39, 0.29) is 6.04 Å². The summed E-state index contributed by atoms with van der Waals surface area (Å²) in [5, 5.41) is 6.38. The topological polar surface area (TPSA) is 37.0 Å². The monoisotopic (exact) mass is 245 g/mol. The molecular formula is C11H14F3N3. The number of anilines is 1. The number of alkyl halides is 3. The van der Waals surface area contributed by atoms with Crippen LogP contribution in [0.3, 0.4) is 0 Å². The molecule has 1 atom stereocenters. The first kappa shape index (κ1) is 12.2. The molecule has 1 aliphatic rings. The lowest BCUT2D eigenvalue weighted by molar-refractivity contribution is -0.141. The largest absolute Gasteiger partial charge is 0.433 e. The molecule has 1 unspecified atom stereocenters. The fourth-order valence-corrected chi connectivity index (χ4v) is 1.87. The Labute approximate surface area is 97.4 Å². The Hall–Kier alpha value is -1.30. The Morgan fingerprint density at radius 3 is 2.71 bits per heavy atom. The highest BCUT2D eigenvalue weighted by Gasteiger charge is 2.32. The molecule has 1 saturated heterocycles. The van der Waals surface area contributed by atoms with Crippen LogP contribution in [0.4, 0.5) is 18.9 Å². The van der Waals surface area contributed by atoms with E-state index in [0.717, 1.165) is 25.6 Å². The van der Waals surface area contributed by atoms with Gasteiger partial charge in [0.05, 0.1) is 11.4 Å². The summed E-state index contributed by atoms with van der Waals surface area (Å²) in [6, 6.07) is 2.73. The number of rotatable bonds is 2. The number of aromatic nitrogens is 1. The molecule has 2 heterocycles. The number of halogens is 3. The molecule has 0 spiro atoms. The number of hydrogen-bond acceptors (Lipinski definition) is 3. The molecule has 3 nitrogen and oxygen atoms in total. The first-order chi connectivity index (χ1) is 7.97. The summed E-state index contributed by atoms with van der Waals surface area (Å²) in [4.78, 5) is 3.58. The predicted octanol–water partition coefficient (Wildman–Crippen LogP) is 2.18. The van der Waals surface area contributed by atoms with E-state index in [1.54, 1.807) is 6.92 Å². The van der Waals surface area contributed by atoms with Gasteiger partial charge in [-0.05, 0) is 32.0 Å². The summed E-state index contributed by atoms with van der Waals surface area (Å²) >= 11 is 0. The van der Waals surface area contributed by atoms with Crippen LogP contribution in [0, 0.1) is 6.92 Å². The van der Waals surface area contributed by atoms with Crippen LogP contribution in [0.1, 0.15) is 17.8 Å². The van der Waals surface area contributed by atoms with Gasteiger partial charge in [0.2, 0.25) is 0 Å². The van der Waals surface area contributed by atoms with Crippen molar-refractivity contribution in [3.05, 3.63) is 23.5 Å². The van der Waals surface area contributed by atoms with Crippen LogP contribution in [-0.2, 0) is 6.18 Å². The normalized spacial score (nSPS) is 20.6. The van der Waals surface area contributed by atoms with Crippen molar-refractivity contribution in [1.29, 1.82) is 0 Å². The SMILES string of the molecule is Cc1nc(C(F)(F)F)ccc1NC1CCNC1. The molecule has 1 aromatic heterocycles. The van der Waals surface area contributed by atoms with Gasteiger partial charge in [0, 0.05) is 12.6 Å². The standard InChI is InChI=1S/C11H14F3N3/c1-7-9(17-8-4-5-15-6-8)2-3-10(16-7)11(12,13)14/h2-3,8,15,17H,4-6H2,1H3. The molecule has 0 aliphatic carbocycles. The smallest absolute Gasteiger partial charge is 0.380 e. The molecule has 1 aliphatic heterocycles. The second kappa shape index (κ2) is 4.52. The summed E-state index contributed by atoms with van der Waals surface area (Å²) in [6.45, 7) is 3.35. The number of nitrogens with one attached hydrogen (secondary N) is 2. The van der Waals surface area contributed by atoms with Gasteiger partial charge in [0.1, 0.15) is 5.69 Å². The van der Waals surface area contributed by atoms with Gasteiger partial charge in [-0.1, -0.05) is 0 Å². The van der Waals surface area contributed by atoms with Gasteiger partial charge in [-0.2, -0.15) is 13.2 Å². The fourth-order valence-electron chi connectivity index (χ4n) is 1.87. The molecule has 2 rings (SSSR count). The molecule has 0 aromatic carbocycles. The molecule has 0 bridgehead atoms. The van der Waals surface area contributed by atoms with Gasteiger partial charge >= 0.3 is 6.18 Å². The number of hydrogen-bond donors (Lipinski definition) is 2. The summed E-state index contributed by atoms with van der Waals surface area (Å²) in [5.74, 6) is 0. The van der Waals surface area contributed by atoms with Crippen LogP contribution in [0.5, 0.6) is 0 Å². The van der Waals surface area contributed by atoms with Gasteiger partial charge in [0.15, 0.2) is 0 Å². The third-order valence-electron chi connectivity index (χ3n) is 2.80. The average molecular weight is 245 g/mol. The van der Waals surface area contributed by atoms with Crippen LogP contribution in [0.2, 0.25) is 0 Å². The van der Waals surface area contributed by atoms with Crippen molar-refractivity contribution < 1.29 is 13.2 Å². The Balaban J connectivity index is 2.14. The minimum absolute atomic E-state index is 0.271. The van der Waals surface area contributed by atoms with Crippen molar-refractivity contribution in [2.75, 3.05) is 18.4 Å². The van der Waals surface area contributed by atoms with Crippen molar-refractivity contribution in [1.82, 2.24) is 10.3 Å². The van der Waals surface area contributed by atoms with Crippen molar-refractivity contribution in [2.24, 2.45) is 0 Å². The molecule has 0 amide bonds. The zero-order chi connectivity index (χ0) is 12.5. The van der Waals surface area contributed by atoms with E-state index < -0.39 is 11.9 Å². The van der Waals surface area contributed by atoms with Crippen LogP contribution in [0.15, 0.2) is 12.1 Å². The molecule has 94 valence electrons. The zero-order valence-electron chi connectivity index (χ0n) is 9.43. The van der Waals surface area contributed by atoms with Crippen molar-refractivity contribution in [3.8, 4) is 0 Å². The Morgan fingerprint density at radius 1 is 1.41 bits per heavy atom. The van der Waals surface area contributed by atoms with E-state index in [1.165, 1.54) is 6.07 Å². The molecule has 17 heavy (non-hydrogen) atoms. The molecule has 1 fully saturated rings. The molecule has 0 radical (unpaired) electrons. The summed E-state index contributed by atoms with van der Waals surface area (Å²) in [5.41, 5.74) is 0.212. The minimum atomic E-state index is -4.38. The third kappa shape index (κ3) is 2.88. The van der Waals surface area contributed by atoms with Gasteiger partial charge in [0.25, 0.3) is 0 Å². The maximum Gasteiger partial charge on any atom is 0.433 e. The third-order valence-corrected chi connectivity index (χ3v) is 2.80. The second-order valence-corrected chi connectivity index (χ2v) is 4.16. The lowest BCUT2D eigenvalue weighted by Crippen LogP contribution is -2.23. The van der Waals surface area contributed by atoms with Crippen LogP contribution in [-0.4, -0.2) is 24.1 Å². The highest BCUT2D eigenvalue weighted by atomic mass is 19.4. The summed E-state index contributed by atoms with van der Waals surface area (Å²) in [6.07, 6.45) is -3.40. The van der Waals surface area contributed by atoms with Crippen molar-refractivity contribution in [3.63, 3.8) is 0 Å². The van der Waals surface area contributed by atoms with E-state index in [1.807, 2.05) is 0 Å². The minimum Gasteiger partial charge on any atom is -0.380 e. The maximum atomic E-state index is 12.4. The average Bonchev–Trinajstić information content (AvgIpc) is 2.72. The van der Waals surface area contributed by atoms with Gasteiger partial charge in [-0.3, -0.25) is 0 Å². The number of pyridine rings is 1. The van der Waals surface area contributed by atoms with E-state index in [4.69, 9.17) is 0 Å². The van der Waals surface area contributed by atoms with Crippen LogP contribution < -0.4 is 10.6 Å². The van der Waals surface area contributed by atoms with E-state index in [2.05, 4.69) is 15.6 Å². The first-order valence-electron chi connectivity index (χ1n) is 5.49. The molecule has 2 N–H and O–H groups in total. The van der Waals surface area contributed by atoms with Crippen LogP contribution in [0.25, 0.3) is 0 Å². The Bertz CT molecular complexity index is 397. The van der Waals surface area contributed by atoms with Crippen molar-refractivity contribution >= 4 is 5.69 Å². The zero-order valence-corrected chi connectivity index (χ0v) is 9.43. The highest BCUT2D eigenvalue weighted by molar-refractivity contribution is 5.49. The van der Waals surface area contributed by atoms with Gasteiger partial charge < -0.3 is 10.6 Å². The fraction of sp³-hybridized carbons (Fsp3) is 0.545. The quantitative estimate of drug-likeness (QED) is 0.838. The lowest BCUT2D eigenvalue weighted by atomic mass is 10.2. The number of nitrogens with zero attached hydrogens (tertiary/aromatic N) is 1.